The van der Waals surface area contributed by atoms with Crippen LogP contribution < -0.4 is 4.90 Å². The summed E-state index contributed by atoms with van der Waals surface area (Å²) < 4.78 is 5.36. The van der Waals surface area contributed by atoms with Crippen molar-refractivity contribution in [2.75, 3.05) is 31.2 Å². The number of anilines is 1. The van der Waals surface area contributed by atoms with Crippen molar-refractivity contribution in [2.24, 2.45) is 0 Å². The molecule has 106 valence electrons. The van der Waals surface area contributed by atoms with Crippen molar-refractivity contribution in [2.45, 2.75) is 19.3 Å². The Balaban J connectivity index is 1.81. The van der Waals surface area contributed by atoms with Crippen molar-refractivity contribution in [1.82, 2.24) is 15.2 Å². The fraction of sp³-hybridized carbons (Fsp3) is 0.467. The number of hydrogen-bond acceptors (Lipinski definition) is 4. The van der Waals surface area contributed by atoms with E-state index in [1.54, 1.807) is 0 Å². The van der Waals surface area contributed by atoms with E-state index < -0.39 is 0 Å². The van der Waals surface area contributed by atoms with Crippen molar-refractivity contribution in [3.63, 3.8) is 0 Å². The van der Waals surface area contributed by atoms with Crippen LogP contribution >= 0.6 is 0 Å². The molecule has 0 saturated carbocycles. The highest BCUT2D eigenvalue weighted by Gasteiger charge is 2.20. The maximum atomic E-state index is 5.36. The Hall–Kier alpha value is -1.88. The van der Waals surface area contributed by atoms with Crippen LogP contribution in [0.4, 0.5) is 5.95 Å². The second kappa shape index (κ2) is 6.05. The van der Waals surface area contributed by atoms with E-state index in [9.17, 15) is 0 Å². The number of ether oxygens (including phenoxy) is 1. The lowest BCUT2D eigenvalue weighted by atomic mass is 9.96. The zero-order valence-electron chi connectivity index (χ0n) is 11.7. The van der Waals surface area contributed by atoms with Gasteiger partial charge in [-0.2, -0.15) is 4.98 Å². The summed E-state index contributed by atoms with van der Waals surface area (Å²) in [4.78, 5) is 6.85. The summed E-state index contributed by atoms with van der Waals surface area (Å²) >= 11 is 0. The Morgan fingerprint density at radius 2 is 2.00 bits per heavy atom. The van der Waals surface area contributed by atoms with E-state index >= 15 is 0 Å². The Bertz CT molecular complexity index is 534. The minimum Gasteiger partial charge on any atom is -0.378 e. The Labute approximate surface area is 119 Å². The van der Waals surface area contributed by atoms with Crippen LogP contribution in [-0.2, 0) is 4.74 Å². The molecule has 3 rings (SSSR count). The predicted molar refractivity (Wildman–Crippen MR) is 78.0 cm³/mol. The van der Waals surface area contributed by atoms with Gasteiger partial charge in [-0.15, -0.1) is 5.10 Å². The third kappa shape index (κ3) is 2.67. The number of hydrogen-bond donors (Lipinski definition) is 1. The molecule has 2 aromatic rings. The summed E-state index contributed by atoms with van der Waals surface area (Å²) in [5.41, 5.74) is 1.28. The quantitative estimate of drug-likeness (QED) is 0.927. The van der Waals surface area contributed by atoms with Crippen LogP contribution in [0.1, 0.15) is 30.7 Å². The van der Waals surface area contributed by atoms with E-state index in [-0.39, 0.29) is 5.92 Å². The highest BCUT2D eigenvalue weighted by molar-refractivity contribution is 5.32. The number of morpholine rings is 1. The average molecular weight is 272 g/mol. The van der Waals surface area contributed by atoms with Crippen LogP contribution in [-0.4, -0.2) is 41.5 Å². The van der Waals surface area contributed by atoms with E-state index in [1.165, 1.54) is 5.56 Å². The highest BCUT2D eigenvalue weighted by Crippen LogP contribution is 2.26. The fourth-order valence-electron chi connectivity index (χ4n) is 2.60. The van der Waals surface area contributed by atoms with Gasteiger partial charge in [-0.3, -0.25) is 5.10 Å². The summed E-state index contributed by atoms with van der Waals surface area (Å²) in [5, 5.41) is 7.48. The molecular formula is C15H20N4O. The standard InChI is InChI=1S/C15H20N4O/c1-2-13(12-6-4-3-5-7-12)14-16-15(18-17-14)19-8-10-20-11-9-19/h3-7,13H,2,8-11H2,1H3,(H,16,17,18). The van der Waals surface area contributed by atoms with Gasteiger partial charge in [0.1, 0.15) is 5.82 Å². The smallest absolute Gasteiger partial charge is 0.244 e. The van der Waals surface area contributed by atoms with Gasteiger partial charge >= 0.3 is 0 Å². The minimum atomic E-state index is 0.276. The van der Waals surface area contributed by atoms with Crippen LogP contribution in [0.2, 0.25) is 0 Å². The molecule has 2 heterocycles. The molecule has 1 fully saturated rings. The van der Waals surface area contributed by atoms with Crippen molar-refractivity contribution < 1.29 is 4.74 Å². The molecule has 1 atom stereocenters. The molecule has 1 unspecified atom stereocenters. The molecule has 0 aliphatic carbocycles. The number of benzene rings is 1. The lowest BCUT2D eigenvalue weighted by molar-refractivity contribution is 0.122. The maximum absolute atomic E-state index is 5.36. The lowest BCUT2D eigenvalue weighted by Gasteiger charge is -2.25. The molecule has 1 aliphatic heterocycles. The summed E-state index contributed by atoms with van der Waals surface area (Å²) in [5.74, 6) is 2.01. The number of nitrogens with one attached hydrogen (secondary N) is 1. The molecule has 1 aromatic heterocycles. The second-order valence-corrected chi connectivity index (χ2v) is 4.99. The number of nitrogens with zero attached hydrogens (tertiary/aromatic N) is 3. The van der Waals surface area contributed by atoms with Crippen LogP contribution in [0.15, 0.2) is 30.3 Å². The van der Waals surface area contributed by atoms with E-state index in [0.29, 0.717) is 0 Å². The van der Waals surface area contributed by atoms with E-state index in [1.807, 2.05) is 6.07 Å². The van der Waals surface area contributed by atoms with Gasteiger partial charge in [-0.25, -0.2) is 0 Å². The van der Waals surface area contributed by atoms with Crippen molar-refractivity contribution >= 4 is 5.95 Å². The molecule has 1 saturated heterocycles. The Kier molecular flexibility index (Phi) is 3.97. The SMILES string of the molecule is CCC(c1ccccc1)c1nc(N2CCOCC2)n[nH]1. The highest BCUT2D eigenvalue weighted by atomic mass is 16.5. The van der Waals surface area contributed by atoms with Gasteiger partial charge < -0.3 is 9.64 Å². The number of rotatable bonds is 4. The van der Waals surface area contributed by atoms with Gasteiger partial charge in [0.2, 0.25) is 5.95 Å². The molecule has 0 amide bonds. The molecule has 1 aromatic carbocycles. The zero-order chi connectivity index (χ0) is 13.8. The molecule has 1 aliphatic rings. The first kappa shape index (κ1) is 13.1. The molecule has 5 nitrogen and oxygen atoms in total. The number of aromatic amines is 1. The molecule has 1 N–H and O–H groups in total. The fourth-order valence-corrected chi connectivity index (χ4v) is 2.60. The van der Waals surface area contributed by atoms with Gasteiger partial charge in [0.15, 0.2) is 0 Å². The van der Waals surface area contributed by atoms with Crippen LogP contribution in [0.5, 0.6) is 0 Å². The van der Waals surface area contributed by atoms with E-state index in [4.69, 9.17) is 4.74 Å². The van der Waals surface area contributed by atoms with Crippen LogP contribution in [0.25, 0.3) is 0 Å². The van der Waals surface area contributed by atoms with Gasteiger partial charge in [0, 0.05) is 19.0 Å². The molecule has 20 heavy (non-hydrogen) atoms. The monoisotopic (exact) mass is 272 g/mol. The van der Waals surface area contributed by atoms with Crippen molar-refractivity contribution in [3.05, 3.63) is 41.7 Å². The molecule has 0 bridgehead atoms. The van der Waals surface area contributed by atoms with Gasteiger partial charge in [-0.1, -0.05) is 37.3 Å². The third-order valence-electron chi connectivity index (χ3n) is 3.73. The largest absolute Gasteiger partial charge is 0.378 e. The zero-order valence-corrected chi connectivity index (χ0v) is 11.7. The summed E-state index contributed by atoms with van der Waals surface area (Å²) in [7, 11) is 0. The van der Waals surface area contributed by atoms with Gasteiger partial charge in [0.25, 0.3) is 0 Å². The summed E-state index contributed by atoms with van der Waals surface area (Å²) in [6, 6.07) is 10.5. The molecule has 0 spiro atoms. The predicted octanol–water partition coefficient (Wildman–Crippen LogP) is 2.18. The first-order valence-electron chi connectivity index (χ1n) is 7.18. The van der Waals surface area contributed by atoms with Gasteiger partial charge in [0.05, 0.1) is 13.2 Å². The van der Waals surface area contributed by atoms with E-state index in [2.05, 4.69) is 51.3 Å². The van der Waals surface area contributed by atoms with Gasteiger partial charge in [-0.05, 0) is 12.0 Å². The third-order valence-corrected chi connectivity index (χ3v) is 3.73. The summed E-state index contributed by atoms with van der Waals surface area (Å²) in [6.07, 6.45) is 1.00. The van der Waals surface area contributed by atoms with Crippen LogP contribution in [0.3, 0.4) is 0 Å². The minimum absolute atomic E-state index is 0.276. The van der Waals surface area contributed by atoms with Crippen LogP contribution in [0, 0.1) is 0 Å². The summed E-state index contributed by atoms with van der Waals surface area (Å²) in [6.45, 7) is 5.40. The first-order valence-corrected chi connectivity index (χ1v) is 7.18. The lowest BCUT2D eigenvalue weighted by Crippen LogP contribution is -2.36. The molecular weight excluding hydrogens is 252 g/mol. The normalized spacial score (nSPS) is 17.1. The van der Waals surface area contributed by atoms with Crippen molar-refractivity contribution in [1.29, 1.82) is 0 Å². The Morgan fingerprint density at radius 1 is 1.25 bits per heavy atom. The number of aromatic nitrogens is 3. The number of H-pyrrole nitrogens is 1. The van der Waals surface area contributed by atoms with Crippen molar-refractivity contribution in [3.8, 4) is 0 Å². The molecule has 0 radical (unpaired) electrons. The molecule has 5 heteroatoms. The topological polar surface area (TPSA) is 54.0 Å². The van der Waals surface area contributed by atoms with E-state index in [0.717, 1.165) is 44.5 Å². The average Bonchev–Trinajstić information content (AvgIpc) is 3.00. The maximum Gasteiger partial charge on any atom is 0.244 e. The first-order chi connectivity index (χ1) is 9.88. The second-order valence-electron chi connectivity index (χ2n) is 4.99. The Morgan fingerprint density at radius 3 is 2.70 bits per heavy atom.